The summed E-state index contributed by atoms with van der Waals surface area (Å²) in [7, 11) is -3.35. The van der Waals surface area contributed by atoms with Gasteiger partial charge in [-0.25, -0.2) is 0 Å². The van der Waals surface area contributed by atoms with Crippen LogP contribution in [0.2, 0.25) is 0 Å². The number of hydrogen-bond donors (Lipinski definition) is 1. The van der Waals surface area contributed by atoms with Crippen LogP contribution >= 0.6 is 0 Å². The molecule has 5 nitrogen and oxygen atoms in total. The lowest BCUT2D eigenvalue weighted by Crippen LogP contribution is -2.51. The molecule has 0 atom stereocenters. The third kappa shape index (κ3) is 2.92. The molecule has 1 aliphatic rings. The van der Waals surface area contributed by atoms with Gasteiger partial charge in [0, 0.05) is 32.7 Å². The summed E-state index contributed by atoms with van der Waals surface area (Å²) in [4.78, 5) is 0. The highest BCUT2D eigenvalue weighted by atomic mass is 32.2. The molecule has 1 fully saturated rings. The van der Waals surface area contributed by atoms with Gasteiger partial charge in [0.1, 0.15) is 0 Å². The van der Waals surface area contributed by atoms with Gasteiger partial charge < -0.3 is 5.32 Å². The number of piperazine rings is 1. The van der Waals surface area contributed by atoms with E-state index in [2.05, 4.69) is 11.2 Å². The molecule has 0 bridgehead atoms. The highest BCUT2D eigenvalue weighted by molar-refractivity contribution is 7.86. The van der Waals surface area contributed by atoms with Crippen molar-refractivity contribution >= 4 is 10.2 Å². The quantitative estimate of drug-likeness (QED) is 0.637. The number of nitrogens with one attached hydrogen (secondary N) is 1. The predicted octanol–water partition coefficient (Wildman–Crippen LogP) is -0.908. The first-order chi connectivity index (χ1) is 7.12. The first kappa shape index (κ1) is 12.5. The SMILES string of the molecule is C#CCN(CC)S(=O)(=O)N1CCNCC1. The van der Waals surface area contributed by atoms with E-state index in [1.54, 1.807) is 6.92 Å². The monoisotopic (exact) mass is 231 g/mol. The zero-order valence-electron chi connectivity index (χ0n) is 8.94. The van der Waals surface area contributed by atoms with Crippen molar-refractivity contribution in [2.45, 2.75) is 6.92 Å². The molecule has 0 aromatic heterocycles. The van der Waals surface area contributed by atoms with Gasteiger partial charge >= 0.3 is 0 Å². The lowest BCUT2D eigenvalue weighted by atomic mass is 10.4. The van der Waals surface area contributed by atoms with Crippen LogP contribution in [0.3, 0.4) is 0 Å². The molecule has 0 spiro atoms. The number of nitrogens with zero attached hydrogens (tertiary/aromatic N) is 2. The molecule has 0 amide bonds. The maximum Gasteiger partial charge on any atom is 0.282 e. The summed E-state index contributed by atoms with van der Waals surface area (Å²) in [5.74, 6) is 2.37. The molecule has 0 radical (unpaired) electrons. The average molecular weight is 231 g/mol. The number of hydrogen-bond acceptors (Lipinski definition) is 3. The molecule has 1 N–H and O–H groups in total. The summed E-state index contributed by atoms with van der Waals surface area (Å²) < 4.78 is 26.9. The fourth-order valence-corrected chi connectivity index (χ4v) is 3.03. The van der Waals surface area contributed by atoms with Crippen LogP contribution in [0.1, 0.15) is 6.92 Å². The molecule has 0 aromatic rings. The van der Waals surface area contributed by atoms with Crippen LogP contribution in [-0.4, -0.2) is 56.3 Å². The third-order valence-corrected chi connectivity index (χ3v) is 4.41. The van der Waals surface area contributed by atoms with Crippen LogP contribution in [0, 0.1) is 12.3 Å². The molecule has 0 aromatic carbocycles. The fourth-order valence-electron chi connectivity index (χ4n) is 1.50. The van der Waals surface area contributed by atoms with E-state index in [9.17, 15) is 8.42 Å². The second kappa shape index (κ2) is 5.47. The smallest absolute Gasteiger partial charge is 0.282 e. The summed E-state index contributed by atoms with van der Waals surface area (Å²) in [5.41, 5.74) is 0. The Labute approximate surface area is 91.6 Å². The van der Waals surface area contributed by atoms with Crippen LogP contribution in [0.4, 0.5) is 0 Å². The maximum atomic E-state index is 12.0. The highest BCUT2D eigenvalue weighted by Gasteiger charge is 2.28. The van der Waals surface area contributed by atoms with Crippen LogP contribution in [0.5, 0.6) is 0 Å². The van der Waals surface area contributed by atoms with Crippen LogP contribution in [0.25, 0.3) is 0 Å². The fraction of sp³-hybridized carbons (Fsp3) is 0.778. The number of terminal acetylenes is 1. The molecule has 0 aliphatic carbocycles. The maximum absolute atomic E-state index is 12.0. The van der Waals surface area contributed by atoms with Crippen molar-refractivity contribution < 1.29 is 8.42 Å². The van der Waals surface area contributed by atoms with Crippen molar-refractivity contribution in [2.24, 2.45) is 0 Å². The van der Waals surface area contributed by atoms with E-state index in [1.165, 1.54) is 8.61 Å². The van der Waals surface area contributed by atoms with Gasteiger partial charge in [-0.1, -0.05) is 12.8 Å². The Bertz CT molecular complexity index is 328. The van der Waals surface area contributed by atoms with Gasteiger partial charge in [0.15, 0.2) is 0 Å². The zero-order chi connectivity index (χ0) is 11.3. The van der Waals surface area contributed by atoms with Crippen molar-refractivity contribution in [3.63, 3.8) is 0 Å². The lowest BCUT2D eigenvalue weighted by Gasteiger charge is -2.31. The van der Waals surface area contributed by atoms with Gasteiger partial charge in [-0.3, -0.25) is 0 Å². The molecule has 0 saturated carbocycles. The second-order valence-electron chi connectivity index (χ2n) is 3.29. The minimum absolute atomic E-state index is 0.142. The summed E-state index contributed by atoms with van der Waals surface area (Å²) in [5, 5.41) is 3.11. The van der Waals surface area contributed by atoms with E-state index in [-0.39, 0.29) is 6.54 Å². The Morgan fingerprint density at radius 1 is 1.47 bits per heavy atom. The summed E-state index contributed by atoms with van der Waals surface area (Å²) in [6.07, 6.45) is 5.14. The molecular formula is C9H17N3O2S. The van der Waals surface area contributed by atoms with Crippen molar-refractivity contribution in [3.05, 3.63) is 0 Å². The lowest BCUT2D eigenvalue weighted by molar-refractivity contribution is 0.324. The summed E-state index contributed by atoms with van der Waals surface area (Å²) in [6, 6.07) is 0. The third-order valence-electron chi connectivity index (χ3n) is 2.35. The molecule has 1 heterocycles. The minimum atomic E-state index is -3.35. The van der Waals surface area contributed by atoms with Crippen LogP contribution in [0.15, 0.2) is 0 Å². The van der Waals surface area contributed by atoms with Crippen molar-refractivity contribution in [1.82, 2.24) is 13.9 Å². The van der Waals surface area contributed by atoms with Crippen LogP contribution in [-0.2, 0) is 10.2 Å². The van der Waals surface area contributed by atoms with E-state index in [0.29, 0.717) is 32.7 Å². The molecule has 86 valence electrons. The molecule has 0 unspecified atom stereocenters. The van der Waals surface area contributed by atoms with Gasteiger partial charge in [0.05, 0.1) is 6.54 Å². The molecular weight excluding hydrogens is 214 g/mol. The van der Waals surface area contributed by atoms with Gasteiger partial charge in [0.2, 0.25) is 0 Å². The van der Waals surface area contributed by atoms with Crippen molar-refractivity contribution in [2.75, 3.05) is 39.3 Å². The molecule has 1 saturated heterocycles. The first-order valence-electron chi connectivity index (χ1n) is 5.02. The normalized spacial score (nSPS) is 19.0. The Morgan fingerprint density at radius 3 is 2.53 bits per heavy atom. The van der Waals surface area contributed by atoms with Gasteiger partial charge in [0.25, 0.3) is 10.2 Å². The molecule has 6 heteroatoms. The Hall–Kier alpha value is -0.610. The molecule has 1 rings (SSSR count). The van der Waals surface area contributed by atoms with Crippen molar-refractivity contribution in [3.8, 4) is 12.3 Å². The highest BCUT2D eigenvalue weighted by Crippen LogP contribution is 2.08. The Morgan fingerprint density at radius 2 is 2.07 bits per heavy atom. The van der Waals surface area contributed by atoms with E-state index in [0.717, 1.165) is 0 Å². The largest absolute Gasteiger partial charge is 0.314 e. The standard InChI is InChI=1S/C9H17N3O2S/c1-3-7-11(4-2)15(13,14)12-8-5-10-6-9-12/h1,10H,4-9H2,2H3. The summed E-state index contributed by atoms with van der Waals surface area (Å²) in [6.45, 7) is 4.78. The van der Waals surface area contributed by atoms with E-state index < -0.39 is 10.2 Å². The van der Waals surface area contributed by atoms with E-state index in [1.807, 2.05) is 0 Å². The van der Waals surface area contributed by atoms with Gasteiger partial charge in [-0.05, 0) is 0 Å². The zero-order valence-corrected chi connectivity index (χ0v) is 9.76. The van der Waals surface area contributed by atoms with Crippen molar-refractivity contribution in [1.29, 1.82) is 0 Å². The minimum Gasteiger partial charge on any atom is -0.314 e. The van der Waals surface area contributed by atoms with Gasteiger partial charge in [-0.2, -0.15) is 17.0 Å². The second-order valence-corrected chi connectivity index (χ2v) is 5.22. The molecule has 15 heavy (non-hydrogen) atoms. The first-order valence-corrected chi connectivity index (χ1v) is 6.42. The van der Waals surface area contributed by atoms with E-state index in [4.69, 9.17) is 6.42 Å². The molecule has 1 aliphatic heterocycles. The average Bonchev–Trinajstić information content (AvgIpc) is 2.27. The van der Waals surface area contributed by atoms with Crippen LogP contribution < -0.4 is 5.32 Å². The summed E-state index contributed by atoms with van der Waals surface area (Å²) >= 11 is 0. The Kier molecular flexibility index (Phi) is 4.54. The van der Waals surface area contributed by atoms with Gasteiger partial charge in [-0.15, -0.1) is 6.42 Å². The Balaban J connectivity index is 2.75. The van der Waals surface area contributed by atoms with E-state index >= 15 is 0 Å². The number of rotatable bonds is 4. The topological polar surface area (TPSA) is 52.7 Å². The predicted molar refractivity (Wildman–Crippen MR) is 59.4 cm³/mol.